The lowest BCUT2D eigenvalue weighted by molar-refractivity contribution is 0.563. The standard InChI is InChI=1S/C8H11N5/c1-8(10)11-4-5-2-3-6(9)12-7(5)13-8/h2-4H,10H2,1H3,(H3,9,12,13). The molecule has 0 spiro atoms. The van der Waals surface area contributed by atoms with Crippen molar-refractivity contribution in [3.8, 4) is 0 Å². The Hall–Kier alpha value is -1.62. The van der Waals surface area contributed by atoms with Gasteiger partial charge in [0.1, 0.15) is 11.6 Å². The van der Waals surface area contributed by atoms with Gasteiger partial charge in [0.2, 0.25) is 0 Å². The molecule has 1 aromatic rings. The Morgan fingerprint density at radius 3 is 3.00 bits per heavy atom. The summed E-state index contributed by atoms with van der Waals surface area (Å²) in [5.41, 5.74) is 12.2. The lowest BCUT2D eigenvalue weighted by Gasteiger charge is -2.26. The molecule has 0 aliphatic carbocycles. The third kappa shape index (κ3) is 1.46. The predicted molar refractivity (Wildman–Crippen MR) is 52.5 cm³/mol. The number of aromatic nitrogens is 1. The molecule has 1 aliphatic rings. The van der Waals surface area contributed by atoms with Crippen LogP contribution in [0.2, 0.25) is 0 Å². The molecule has 0 amide bonds. The van der Waals surface area contributed by atoms with Gasteiger partial charge in [-0.05, 0) is 19.1 Å². The average molecular weight is 177 g/mol. The van der Waals surface area contributed by atoms with Gasteiger partial charge in [0.25, 0.3) is 0 Å². The van der Waals surface area contributed by atoms with Crippen molar-refractivity contribution in [2.24, 2.45) is 10.7 Å². The topological polar surface area (TPSA) is 89.3 Å². The molecule has 5 nitrogen and oxygen atoms in total. The maximum absolute atomic E-state index is 5.75. The molecular formula is C8H11N5. The van der Waals surface area contributed by atoms with Crippen LogP contribution in [0.4, 0.5) is 11.6 Å². The Kier molecular flexibility index (Phi) is 1.50. The second-order valence-electron chi connectivity index (χ2n) is 3.20. The number of nitrogens with one attached hydrogen (secondary N) is 1. The van der Waals surface area contributed by atoms with E-state index in [2.05, 4.69) is 15.3 Å². The molecule has 68 valence electrons. The molecule has 0 saturated carbocycles. The van der Waals surface area contributed by atoms with Crippen LogP contribution in [0.15, 0.2) is 17.1 Å². The van der Waals surface area contributed by atoms with Gasteiger partial charge in [-0.15, -0.1) is 0 Å². The van der Waals surface area contributed by atoms with Crippen LogP contribution in [0.25, 0.3) is 0 Å². The minimum absolute atomic E-state index is 0.470. The second-order valence-corrected chi connectivity index (χ2v) is 3.20. The van der Waals surface area contributed by atoms with Crippen molar-refractivity contribution in [1.29, 1.82) is 0 Å². The van der Waals surface area contributed by atoms with E-state index in [1.807, 2.05) is 6.07 Å². The van der Waals surface area contributed by atoms with Gasteiger partial charge < -0.3 is 11.1 Å². The molecular weight excluding hydrogens is 166 g/mol. The van der Waals surface area contributed by atoms with Gasteiger partial charge in [-0.3, -0.25) is 10.7 Å². The fraction of sp³-hybridized carbons (Fsp3) is 0.250. The van der Waals surface area contributed by atoms with Crippen LogP contribution >= 0.6 is 0 Å². The minimum Gasteiger partial charge on any atom is -0.384 e. The summed E-state index contributed by atoms with van der Waals surface area (Å²) in [5.74, 6) is 0.366. The smallest absolute Gasteiger partial charge is 0.180 e. The first-order valence-corrected chi connectivity index (χ1v) is 3.96. The molecule has 0 fully saturated rings. The van der Waals surface area contributed by atoms with Crippen molar-refractivity contribution >= 4 is 17.9 Å². The molecule has 0 aromatic carbocycles. The van der Waals surface area contributed by atoms with Gasteiger partial charge in [0.05, 0.1) is 0 Å². The first kappa shape index (κ1) is 8.00. The third-order valence-electron chi connectivity index (χ3n) is 1.79. The van der Waals surface area contributed by atoms with E-state index < -0.39 is 5.79 Å². The van der Waals surface area contributed by atoms with E-state index in [9.17, 15) is 0 Å². The summed E-state index contributed by atoms with van der Waals surface area (Å²) in [7, 11) is 0. The zero-order chi connectivity index (χ0) is 9.47. The maximum atomic E-state index is 5.75. The zero-order valence-electron chi connectivity index (χ0n) is 7.28. The molecule has 13 heavy (non-hydrogen) atoms. The summed E-state index contributed by atoms with van der Waals surface area (Å²) in [6.07, 6.45) is 1.69. The van der Waals surface area contributed by atoms with E-state index in [0.717, 1.165) is 5.56 Å². The summed E-state index contributed by atoms with van der Waals surface area (Å²) < 4.78 is 0. The van der Waals surface area contributed by atoms with Crippen molar-refractivity contribution in [2.75, 3.05) is 11.1 Å². The van der Waals surface area contributed by atoms with Crippen LogP contribution in [-0.2, 0) is 0 Å². The summed E-state index contributed by atoms with van der Waals surface area (Å²) in [4.78, 5) is 8.20. The lowest BCUT2D eigenvalue weighted by atomic mass is 10.2. The van der Waals surface area contributed by atoms with Crippen LogP contribution < -0.4 is 16.8 Å². The van der Waals surface area contributed by atoms with Gasteiger partial charge in [-0.25, -0.2) is 4.98 Å². The summed E-state index contributed by atoms with van der Waals surface area (Å²) in [6.45, 7) is 1.76. The van der Waals surface area contributed by atoms with E-state index in [0.29, 0.717) is 11.6 Å². The van der Waals surface area contributed by atoms with Crippen molar-refractivity contribution in [2.45, 2.75) is 12.7 Å². The molecule has 5 N–H and O–H groups in total. The normalized spacial score (nSPS) is 25.1. The SMILES string of the molecule is CC1(N)N=Cc2ccc(N)nc2N1. The molecule has 0 saturated heterocycles. The zero-order valence-corrected chi connectivity index (χ0v) is 7.28. The van der Waals surface area contributed by atoms with Crippen molar-refractivity contribution in [3.05, 3.63) is 17.7 Å². The van der Waals surface area contributed by atoms with Crippen molar-refractivity contribution < 1.29 is 0 Å². The van der Waals surface area contributed by atoms with E-state index in [1.54, 1.807) is 19.2 Å². The van der Waals surface area contributed by atoms with Gasteiger partial charge in [-0.1, -0.05) is 0 Å². The quantitative estimate of drug-likeness (QED) is 0.526. The second kappa shape index (κ2) is 2.43. The highest BCUT2D eigenvalue weighted by atomic mass is 15.3. The van der Waals surface area contributed by atoms with Crippen LogP contribution in [0.1, 0.15) is 12.5 Å². The molecule has 0 radical (unpaired) electrons. The monoisotopic (exact) mass is 177 g/mol. The number of rotatable bonds is 0. The highest BCUT2D eigenvalue weighted by Gasteiger charge is 2.21. The molecule has 2 rings (SSSR count). The number of hydrogen-bond donors (Lipinski definition) is 3. The predicted octanol–water partition coefficient (Wildman–Crippen LogP) is 0.141. The average Bonchev–Trinajstić information content (AvgIpc) is 2.01. The number of nitrogen functional groups attached to an aromatic ring is 1. The number of aliphatic imine (C=N–C) groups is 1. The number of anilines is 2. The molecule has 1 aliphatic heterocycles. The highest BCUT2D eigenvalue weighted by molar-refractivity contribution is 5.89. The van der Waals surface area contributed by atoms with E-state index in [4.69, 9.17) is 11.5 Å². The highest BCUT2D eigenvalue weighted by Crippen LogP contribution is 2.20. The molecule has 1 unspecified atom stereocenters. The van der Waals surface area contributed by atoms with E-state index in [-0.39, 0.29) is 0 Å². The van der Waals surface area contributed by atoms with E-state index in [1.165, 1.54) is 0 Å². The fourth-order valence-corrected chi connectivity index (χ4v) is 1.16. The Morgan fingerprint density at radius 2 is 2.23 bits per heavy atom. The lowest BCUT2D eigenvalue weighted by Crippen LogP contribution is -2.44. The van der Waals surface area contributed by atoms with Crippen molar-refractivity contribution in [1.82, 2.24) is 4.98 Å². The summed E-state index contributed by atoms with van der Waals surface area (Å²) >= 11 is 0. The molecule has 1 aromatic heterocycles. The van der Waals surface area contributed by atoms with Gasteiger partial charge >= 0.3 is 0 Å². The number of pyridine rings is 1. The number of nitrogens with two attached hydrogens (primary N) is 2. The summed E-state index contributed by atoms with van der Waals surface area (Å²) in [5, 5.41) is 2.97. The maximum Gasteiger partial charge on any atom is 0.180 e. The first-order chi connectivity index (χ1) is 6.07. The summed E-state index contributed by atoms with van der Waals surface area (Å²) in [6, 6.07) is 3.58. The van der Waals surface area contributed by atoms with E-state index >= 15 is 0 Å². The van der Waals surface area contributed by atoms with Gasteiger partial charge in [-0.2, -0.15) is 0 Å². The Morgan fingerprint density at radius 1 is 1.46 bits per heavy atom. The largest absolute Gasteiger partial charge is 0.384 e. The van der Waals surface area contributed by atoms with Gasteiger partial charge in [0, 0.05) is 11.8 Å². The third-order valence-corrected chi connectivity index (χ3v) is 1.79. The number of nitrogens with zero attached hydrogens (tertiary/aromatic N) is 2. The minimum atomic E-state index is -0.784. The van der Waals surface area contributed by atoms with Crippen LogP contribution in [-0.4, -0.2) is 17.0 Å². The first-order valence-electron chi connectivity index (χ1n) is 3.96. The Bertz CT molecular complexity index is 369. The fourth-order valence-electron chi connectivity index (χ4n) is 1.16. The van der Waals surface area contributed by atoms with Crippen LogP contribution in [0.3, 0.4) is 0 Å². The van der Waals surface area contributed by atoms with Crippen LogP contribution in [0, 0.1) is 0 Å². The number of hydrogen-bond acceptors (Lipinski definition) is 5. The molecule has 1 atom stereocenters. The molecule has 5 heteroatoms. The van der Waals surface area contributed by atoms with Crippen molar-refractivity contribution in [3.63, 3.8) is 0 Å². The van der Waals surface area contributed by atoms with Gasteiger partial charge in [0.15, 0.2) is 5.79 Å². The molecule has 2 heterocycles. The Balaban J connectivity index is 2.48. The Labute approximate surface area is 75.9 Å². The number of fused-ring (bicyclic) bond motifs is 1. The van der Waals surface area contributed by atoms with Crippen LogP contribution in [0.5, 0.6) is 0 Å². The molecule has 0 bridgehead atoms.